The highest BCUT2D eigenvalue weighted by molar-refractivity contribution is 8.00. The largest absolute Gasteiger partial charge is 0.325 e. The van der Waals surface area contributed by atoms with Crippen LogP contribution >= 0.6 is 11.8 Å². The Balaban J connectivity index is 1.89. The van der Waals surface area contributed by atoms with Crippen LogP contribution in [0.15, 0.2) is 48.5 Å². The molecule has 120 valence electrons. The van der Waals surface area contributed by atoms with E-state index in [9.17, 15) is 14.9 Å². The van der Waals surface area contributed by atoms with Gasteiger partial charge in [0.1, 0.15) is 0 Å². The van der Waals surface area contributed by atoms with Gasteiger partial charge in [-0.05, 0) is 31.5 Å². The van der Waals surface area contributed by atoms with Crippen LogP contribution in [-0.4, -0.2) is 16.6 Å². The molecule has 0 aliphatic rings. The molecule has 0 aliphatic carbocycles. The number of carbonyl (C=O) groups excluding carboxylic acids is 1. The zero-order valence-electron chi connectivity index (χ0n) is 13.0. The summed E-state index contributed by atoms with van der Waals surface area (Å²) in [6.45, 7) is 3.92. The number of nitro groups is 1. The van der Waals surface area contributed by atoms with E-state index in [1.807, 2.05) is 44.2 Å². The van der Waals surface area contributed by atoms with Gasteiger partial charge in [-0.2, -0.15) is 0 Å². The molecule has 23 heavy (non-hydrogen) atoms. The SMILES string of the molecule is Cc1ccc(NC(=O)CS[C@H](C)c2cccc([N+](=O)[O-])c2)cc1. The lowest BCUT2D eigenvalue weighted by atomic mass is 10.1. The average Bonchev–Trinajstić information content (AvgIpc) is 2.55. The quantitative estimate of drug-likeness (QED) is 0.632. The van der Waals surface area contributed by atoms with Crippen LogP contribution in [0.2, 0.25) is 0 Å². The molecule has 0 heterocycles. The zero-order valence-corrected chi connectivity index (χ0v) is 13.8. The van der Waals surface area contributed by atoms with E-state index in [1.165, 1.54) is 17.8 Å². The number of amides is 1. The molecule has 6 heteroatoms. The molecule has 0 saturated heterocycles. The van der Waals surface area contributed by atoms with Crippen LogP contribution in [0, 0.1) is 17.0 Å². The number of aryl methyl sites for hydroxylation is 1. The molecule has 5 nitrogen and oxygen atoms in total. The van der Waals surface area contributed by atoms with Gasteiger partial charge >= 0.3 is 0 Å². The maximum atomic E-state index is 12.0. The van der Waals surface area contributed by atoms with Crippen LogP contribution in [0.4, 0.5) is 11.4 Å². The number of nitrogens with zero attached hydrogens (tertiary/aromatic N) is 1. The van der Waals surface area contributed by atoms with Crippen molar-refractivity contribution >= 4 is 29.0 Å². The molecule has 0 spiro atoms. The minimum Gasteiger partial charge on any atom is -0.325 e. The molecule has 0 radical (unpaired) electrons. The number of carbonyl (C=O) groups is 1. The summed E-state index contributed by atoms with van der Waals surface area (Å²) in [6, 6.07) is 14.1. The fourth-order valence-corrected chi connectivity index (χ4v) is 2.83. The van der Waals surface area contributed by atoms with E-state index in [4.69, 9.17) is 0 Å². The van der Waals surface area contributed by atoms with Gasteiger partial charge in [0.2, 0.25) is 5.91 Å². The first-order chi connectivity index (χ1) is 11.0. The van der Waals surface area contributed by atoms with Crippen molar-refractivity contribution < 1.29 is 9.72 Å². The molecule has 2 rings (SSSR count). The van der Waals surface area contributed by atoms with Crippen molar-refractivity contribution in [2.75, 3.05) is 11.1 Å². The van der Waals surface area contributed by atoms with Crippen LogP contribution < -0.4 is 5.32 Å². The van der Waals surface area contributed by atoms with Crippen molar-refractivity contribution in [2.24, 2.45) is 0 Å². The van der Waals surface area contributed by atoms with Crippen molar-refractivity contribution in [3.8, 4) is 0 Å². The summed E-state index contributed by atoms with van der Waals surface area (Å²) in [7, 11) is 0. The molecule has 1 amide bonds. The molecule has 2 aromatic rings. The Morgan fingerprint density at radius 2 is 1.96 bits per heavy atom. The summed E-state index contributed by atoms with van der Waals surface area (Å²) in [5.41, 5.74) is 2.81. The summed E-state index contributed by atoms with van der Waals surface area (Å²) in [4.78, 5) is 22.4. The molecule has 1 atom stereocenters. The van der Waals surface area contributed by atoms with Crippen molar-refractivity contribution in [2.45, 2.75) is 19.1 Å². The highest BCUT2D eigenvalue weighted by atomic mass is 32.2. The normalized spacial score (nSPS) is 11.7. The van der Waals surface area contributed by atoms with E-state index in [1.54, 1.807) is 12.1 Å². The Morgan fingerprint density at radius 3 is 2.61 bits per heavy atom. The van der Waals surface area contributed by atoms with E-state index >= 15 is 0 Å². The van der Waals surface area contributed by atoms with Gasteiger partial charge in [-0.3, -0.25) is 14.9 Å². The molecule has 1 N–H and O–H groups in total. The number of nitro benzene ring substituents is 1. The molecular formula is C17H18N2O3S. The van der Waals surface area contributed by atoms with Crippen LogP contribution in [-0.2, 0) is 4.79 Å². The maximum Gasteiger partial charge on any atom is 0.269 e. The molecule has 0 unspecified atom stereocenters. The number of benzene rings is 2. The van der Waals surface area contributed by atoms with E-state index in [2.05, 4.69) is 5.32 Å². The first-order valence-corrected chi connectivity index (χ1v) is 8.23. The zero-order chi connectivity index (χ0) is 16.8. The lowest BCUT2D eigenvalue weighted by Crippen LogP contribution is -2.14. The molecule has 0 bridgehead atoms. The smallest absolute Gasteiger partial charge is 0.269 e. The summed E-state index contributed by atoms with van der Waals surface area (Å²) in [5, 5.41) is 13.6. The molecule has 2 aromatic carbocycles. The van der Waals surface area contributed by atoms with Crippen molar-refractivity contribution in [3.63, 3.8) is 0 Å². The number of non-ortho nitro benzene ring substituents is 1. The molecule has 0 fully saturated rings. The topological polar surface area (TPSA) is 72.2 Å². The van der Waals surface area contributed by atoms with Gasteiger partial charge < -0.3 is 5.32 Å². The molecule has 0 aromatic heterocycles. The van der Waals surface area contributed by atoms with Crippen molar-refractivity contribution in [3.05, 3.63) is 69.8 Å². The number of hydrogen-bond donors (Lipinski definition) is 1. The Bertz CT molecular complexity index is 701. The lowest BCUT2D eigenvalue weighted by molar-refractivity contribution is -0.384. The van der Waals surface area contributed by atoms with E-state index in [0.717, 1.165) is 16.8 Å². The Kier molecular flexibility index (Phi) is 5.76. The summed E-state index contributed by atoms with van der Waals surface area (Å²) >= 11 is 1.45. The van der Waals surface area contributed by atoms with Gasteiger partial charge in [-0.1, -0.05) is 29.8 Å². The maximum absolute atomic E-state index is 12.0. The van der Waals surface area contributed by atoms with Gasteiger partial charge in [0, 0.05) is 23.1 Å². The summed E-state index contributed by atoms with van der Waals surface area (Å²) in [6.07, 6.45) is 0. The standard InChI is InChI=1S/C17H18N2O3S/c1-12-6-8-15(9-7-12)18-17(20)11-23-13(2)14-4-3-5-16(10-14)19(21)22/h3-10,13H,11H2,1-2H3,(H,18,20)/t13-/m1/s1. The predicted octanol–water partition coefficient (Wildman–Crippen LogP) is 4.34. The first kappa shape index (κ1) is 17.0. The van der Waals surface area contributed by atoms with Crippen molar-refractivity contribution in [1.29, 1.82) is 0 Å². The molecule has 0 saturated carbocycles. The highest BCUT2D eigenvalue weighted by Crippen LogP contribution is 2.30. The Morgan fingerprint density at radius 1 is 1.26 bits per heavy atom. The van der Waals surface area contributed by atoms with Gasteiger partial charge in [-0.15, -0.1) is 11.8 Å². The van der Waals surface area contributed by atoms with Gasteiger partial charge in [-0.25, -0.2) is 0 Å². The first-order valence-electron chi connectivity index (χ1n) is 7.18. The predicted molar refractivity (Wildman–Crippen MR) is 93.8 cm³/mol. The van der Waals surface area contributed by atoms with Crippen LogP contribution in [0.3, 0.4) is 0 Å². The third kappa shape index (κ3) is 5.10. The summed E-state index contributed by atoms with van der Waals surface area (Å²) < 4.78 is 0. The second-order valence-corrected chi connectivity index (χ2v) is 6.55. The number of nitrogens with one attached hydrogen (secondary N) is 1. The number of anilines is 1. The fraction of sp³-hybridized carbons (Fsp3) is 0.235. The average molecular weight is 330 g/mol. The minimum atomic E-state index is -0.412. The molecular weight excluding hydrogens is 312 g/mol. The van der Waals surface area contributed by atoms with Gasteiger partial charge in [0.25, 0.3) is 5.69 Å². The summed E-state index contributed by atoms with van der Waals surface area (Å²) in [5.74, 6) is 0.203. The third-order valence-corrected chi connectivity index (χ3v) is 4.55. The Hall–Kier alpha value is -2.34. The van der Waals surface area contributed by atoms with Crippen LogP contribution in [0.5, 0.6) is 0 Å². The third-order valence-electron chi connectivity index (χ3n) is 3.35. The number of thioether (sulfide) groups is 1. The number of rotatable bonds is 6. The van der Waals surface area contributed by atoms with Crippen LogP contribution in [0.1, 0.15) is 23.3 Å². The minimum absolute atomic E-state index is 0.00123. The van der Waals surface area contributed by atoms with Gasteiger partial charge in [0.15, 0.2) is 0 Å². The van der Waals surface area contributed by atoms with E-state index in [0.29, 0.717) is 0 Å². The van der Waals surface area contributed by atoms with Crippen molar-refractivity contribution in [1.82, 2.24) is 0 Å². The van der Waals surface area contributed by atoms with E-state index < -0.39 is 4.92 Å². The second kappa shape index (κ2) is 7.78. The lowest BCUT2D eigenvalue weighted by Gasteiger charge is -2.11. The molecule has 0 aliphatic heterocycles. The second-order valence-electron chi connectivity index (χ2n) is 5.22. The van der Waals surface area contributed by atoms with Gasteiger partial charge in [0.05, 0.1) is 10.7 Å². The highest BCUT2D eigenvalue weighted by Gasteiger charge is 2.13. The monoisotopic (exact) mass is 330 g/mol. The Labute approximate surface area is 139 Å². The van der Waals surface area contributed by atoms with Crippen LogP contribution in [0.25, 0.3) is 0 Å². The fourth-order valence-electron chi connectivity index (χ4n) is 2.02. The number of hydrogen-bond acceptors (Lipinski definition) is 4. The van der Waals surface area contributed by atoms with E-state index in [-0.39, 0.29) is 22.6 Å².